The molecule has 0 bridgehead atoms. The lowest BCUT2D eigenvalue weighted by atomic mass is 10.1. The van der Waals surface area contributed by atoms with Crippen molar-refractivity contribution in [3.8, 4) is 0 Å². The Morgan fingerprint density at radius 3 is 2.69 bits per heavy atom. The molecule has 0 saturated carbocycles. The van der Waals surface area contributed by atoms with Crippen molar-refractivity contribution in [3.05, 3.63) is 47.5 Å². The van der Waals surface area contributed by atoms with Crippen molar-refractivity contribution < 1.29 is 0 Å². The van der Waals surface area contributed by atoms with Gasteiger partial charge in [-0.25, -0.2) is 9.67 Å². The Bertz CT molecular complexity index is 444. The van der Waals surface area contributed by atoms with E-state index < -0.39 is 0 Å². The zero-order valence-electron chi connectivity index (χ0n) is 9.64. The van der Waals surface area contributed by atoms with Crippen LogP contribution in [0.25, 0.3) is 0 Å². The van der Waals surface area contributed by atoms with E-state index in [1.807, 2.05) is 11.7 Å². The smallest absolute Gasteiger partial charge is 0.164 e. The van der Waals surface area contributed by atoms with Crippen molar-refractivity contribution in [2.45, 2.75) is 20.0 Å². The second-order valence-corrected chi connectivity index (χ2v) is 3.87. The fraction of sp³-hybridized carbons (Fsp3) is 0.333. The van der Waals surface area contributed by atoms with Crippen LogP contribution in [0.3, 0.4) is 0 Å². The van der Waals surface area contributed by atoms with Crippen molar-refractivity contribution in [1.29, 1.82) is 0 Å². The predicted octanol–water partition coefficient (Wildman–Crippen LogP) is 1.35. The molecule has 0 amide bonds. The summed E-state index contributed by atoms with van der Waals surface area (Å²) in [5, 5.41) is 7.39. The minimum atomic E-state index is 0.709. The van der Waals surface area contributed by atoms with Gasteiger partial charge < -0.3 is 5.32 Å². The molecule has 0 aliphatic carbocycles. The van der Waals surface area contributed by atoms with E-state index in [9.17, 15) is 0 Å². The quantitative estimate of drug-likeness (QED) is 0.839. The first-order valence-corrected chi connectivity index (χ1v) is 5.36. The highest BCUT2D eigenvalue weighted by Gasteiger charge is 2.00. The lowest BCUT2D eigenvalue weighted by Gasteiger charge is -2.01. The molecule has 2 aromatic rings. The first kappa shape index (κ1) is 10.8. The number of hydrogen-bond donors (Lipinski definition) is 1. The third kappa shape index (κ3) is 2.67. The minimum Gasteiger partial charge on any atom is -0.313 e. The standard InChI is InChI=1S/C12H16N4/c1-10-3-5-11(6-4-10)8-16-9-14-12(15-16)7-13-2/h3-6,9,13H,7-8H2,1-2H3. The molecule has 0 spiro atoms. The largest absolute Gasteiger partial charge is 0.313 e. The summed E-state index contributed by atoms with van der Waals surface area (Å²) in [5.74, 6) is 0.828. The van der Waals surface area contributed by atoms with E-state index in [0.29, 0.717) is 6.54 Å². The van der Waals surface area contributed by atoms with Gasteiger partial charge in [-0.15, -0.1) is 0 Å². The van der Waals surface area contributed by atoms with Gasteiger partial charge in [-0.3, -0.25) is 0 Å². The molecule has 1 heterocycles. The van der Waals surface area contributed by atoms with Gasteiger partial charge in [-0.2, -0.15) is 5.10 Å². The molecule has 0 fully saturated rings. The van der Waals surface area contributed by atoms with E-state index in [4.69, 9.17) is 0 Å². The van der Waals surface area contributed by atoms with Gasteiger partial charge in [0.25, 0.3) is 0 Å². The van der Waals surface area contributed by atoms with E-state index in [1.54, 1.807) is 6.33 Å². The number of nitrogens with zero attached hydrogens (tertiary/aromatic N) is 3. The number of aromatic nitrogens is 3. The van der Waals surface area contributed by atoms with Gasteiger partial charge in [0.15, 0.2) is 5.82 Å². The van der Waals surface area contributed by atoms with Gasteiger partial charge in [0.1, 0.15) is 6.33 Å². The van der Waals surface area contributed by atoms with Crippen LogP contribution in [0.2, 0.25) is 0 Å². The molecule has 0 unspecified atom stereocenters. The van der Waals surface area contributed by atoms with Crippen molar-refractivity contribution >= 4 is 0 Å². The molecule has 1 aromatic heterocycles. The SMILES string of the molecule is CNCc1ncn(Cc2ccc(C)cc2)n1. The zero-order chi connectivity index (χ0) is 11.4. The number of nitrogens with one attached hydrogen (secondary N) is 1. The number of rotatable bonds is 4. The first-order chi connectivity index (χ1) is 7.78. The maximum atomic E-state index is 4.36. The fourth-order valence-electron chi connectivity index (χ4n) is 1.53. The van der Waals surface area contributed by atoms with Crippen LogP contribution in [0.15, 0.2) is 30.6 Å². The molecule has 16 heavy (non-hydrogen) atoms. The molecule has 0 atom stereocenters. The van der Waals surface area contributed by atoms with Gasteiger partial charge in [0, 0.05) is 0 Å². The Morgan fingerprint density at radius 1 is 1.25 bits per heavy atom. The van der Waals surface area contributed by atoms with Gasteiger partial charge in [-0.05, 0) is 19.5 Å². The summed E-state index contributed by atoms with van der Waals surface area (Å²) in [7, 11) is 1.89. The summed E-state index contributed by atoms with van der Waals surface area (Å²) in [6, 6.07) is 8.46. The Hall–Kier alpha value is -1.68. The highest BCUT2D eigenvalue weighted by atomic mass is 15.3. The first-order valence-electron chi connectivity index (χ1n) is 5.36. The molecule has 1 aromatic carbocycles. The molecular formula is C12H16N4. The van der Waals surface area contributed by atoms with Gasteiger partial charge >= 0.3 is 0 Å². The van der Waals surface area contributed by atoms with Crippen LogP contribution in [0.4, 0.5) is 0 Å². The van der Waals surface area contributed by atoms with Gasteiger partial charge in [-0.1, -0.05) is 29.8 Å². The van der Waals surface area contributed by atoms with E-state index in [1.165, 1.54) is 11.1 Å². The van der Waals surface area contributed by atoms with Crippen LogP contribution in [-0.2, 0) is 13.1 Å². The Morgan fingerprint density at radius 2 is 2.00 bits per heavy atom. The molecule has 0 saturated heterocycles. The summed E-state index contributed by atoms with van der Waals surface area (Å²) in [6.07, 6.45) is 1.77. The van der Waals surface area contributed by atoms with Crippen molar-refractivity contribution in [3.63, 3.8) is 0 Å². The van der Waals surface area contributed by atoms with Crippen LogP contribution in [0.5, 0.6) is 0 Å². The maximum Gasteiger partial charge on any atom is 0.164 e. The van der Waals surface area contributed by atoms with Crippen LogP contribution in [0.1, 0.15) is 17.0 Å². The highest BCUT2D eigenvalue weighted by Crippen LogP contribution is 2.04. The number of hydrogen-bond acceptors (Lipinski definition) is 3. The molecule has 4 nitrogen and oxygen atoms in total. The van der Waals surface area contributed by atoms with E-state index in [0.717, 1.165) is 12.4 Å². The third-order valence-electron chi connectivity index (χ3n) is 2.38. The predicted molar refractivity (Wildman–Crippen MR) is 63.1 cm³/mol. The summed E-state index contributed by atoms with van der Waals surface area (Å²) in [5.41, 5.74) is 2.52. The Balaban J connectivity index is 2.05. The van der Waals surface area contributed by atoms with E-state index in [2.05, 4.69) is 46.6 Å². The number of benzene rings is 1. The Kier molecular flexibility index (Phi) is 3.31. The average Bonchev–Trinajstić information content (AvgIpc) is 2.70. The normalized spacial score (nSPS) is 10.6. The van der Waals surface area contributed by atoms with E-state index >= 15 is 0 Å². The topological polar surface area (TPSA) is 42.7 Å². The van der Waals surface area contributed by atoms with Gasteiger partial charge in [0.05, 0.1) is 13.1 Å². The Labute approximate surface area is 95.3 Å². The third-order valence-corrected chi connectivity index (χ3v) is 2.38. The molecule has 4 heteroatoms. The fourth-order valence-corrected chi connectivity index (χ4v) is 1.53. The molecule has 0 aliphatic rings. The zero-order valence-corrected chi connectivity index (χ0v) is 9.64. The van der Waals surface area contributed by atoms with Gasteiger partial charge in [0.2, 0.25) is 0 Å². The summed E-state index contributed by atoms with van der Waals surface area (Å²) < 4.78 is 1.86. The van der Waals surface area contributed by atoms with Crippen molar-refractivity contribution in [2.24, 2.45) is 0 Å². The van der Waals surface area contributed by atoms with Crippen LogP contribution < -0.4 is 5.32 Å². The van der Waals surface area contributed by atoms with Crippen LogP contribution >= 0.6 is 0 Å². The summed E-state index contributed by atoms with van der Waals surface area (Å²) >= 11 is 0. The monoisotopic (exact) mass is 216 g/mol. The van der Waals surface area contributed by atoms with Crippen LogP contribution in [-0.4, -0.2) is 21.8 Å². The second kappa shape index (κ2) is 4.90. The summed E-state index contributed by atoms with van der Waals surface area (Å²) in [4.78, 5) is 4.21. The van der Waals surface area contributed by atoms with Crippen LogP contribution in [0, 0.1) is 6.92 Å². The highest BCUT2D eigenvalue weighted by molar-refractivity contribution is 5.21. The average molecular weight is 216 g/mol. The lowest BCUT2D eigenvalue weighted by molar-refractivity contribution is 0.658. The molecule has 1 N–H and O–H groups in total. The molecule has 2 rings (SSSR count). The summed E-state index contributed by atoms with van der Waals surface area (Å²) in [6.45, 7) is 3.57. The lowest BCUT2D eigenvalue weighted by Crippen LogP contribution is -2.08. The van der Waals surface area contributed by atoms with Crippen molar-refractivity contribution in [1.82, 2.24) is 20.1 Å². The molecule has 0 radical (unpaired) electrons. The molecular weight excluding hydrogens is 200 g/mol. The molecule has 84 valence electrons. The van der Waals surface area contributed by atoms with E-state index in [-0.39, 0.29) is 0 Å². The molecule has 0 aliphatic heterocycles. The maximum absolute atomic E-state index is 4.36. The number of aryl methyl sites for hydroxylation is 1. The second-order valence-electron chi connectivity index (χ2n) is 3.87. The minimum absolute atomic E-state index is 0.709. The van der Waals surface area contributed by atoms with Crippen molar-refractivity contribution in [2.75, 3.05) is 7.05 Å².